The molecular weight excluding hydrogens is 178 g/mol. The van der Waals surface area contributed by atoms with Crippen LogP contribution in [0.15, 0.2) is 17.2 Å². The average molecular weight is 195 g/mol. The molecule has 0 amide bonds. The van der Waals surface area contributed by atoms with Gasteiger partial charge in [0.25, 0.3) is 5.56 Å². The highest BCUT2D eigenvalue weighted by atomic mass is 16.1. The lowest BCUT2D eigenvalue weighted by atomic mass is 10.2. The molecule has 4 nitrogen and oxygen atoms in total. The van der Waals surface area contributed by atoms with E-state index in [0.717, 1.165) is 38.0 Å². The molecule has 4 heteroatoms. The minimum atomic E-state index is 0.0326. The van der Waals surface area contributed by atoms with Crippen molar-refractivity contribution in [1.82, 2.24) is 9.55 Å². The highest BCUT2D eigenvalue weighted by Crippen LogP contribution is 1.95. The van der Waals surface area contributed by atoms with Crippen molar-refractivity contribution in [3.05, 3.63) is 28.4 Å². The van der Waals surface area contributed by atoms with Gasteiger partial charge in [-0.15, -0.1) is 0 Å². The molecule has 0 aliphatic rings. The van der Waals surface area contributed by atoms with Crippen LogP contribution in [0.1, 0.15) is 25.0 Å². The molecule has 0 radical (unpaired) electrons. The van der Waals surface area contributed by atoms with E-state index in [1.54, 1.807) is 17.0 Å². The Morgan fingerprint density at radius 1 is 1.43 bits per heavy atom. The molecule has 1 aromatic rings. The molecule has 0 unspecified atom stereocenters. The summed E-state index contributed by atoms with van der Waals surface area (Å²) in [6.45, 7) is 3.29. The molecule has 0 fully saturated rings. The van der Waals surface area contributed by atoms with Crippen LogP contribution >= 0.6 is 0 Å². The lowest BCUT2D eigenvalue weighted by Crippen LogP contribution is -2.20. The minimum absolute atomic E-state index is 0.0326. The molecule has 0 aliphatic heterocycles. The van der Waals surface area contributed by atoms with Crippen LogP contribution in [0.5, 0.6) is 0 Å². The Kier molecular flexibility index (Phi) is 4.32. The summed E-state index contributed by atoms with van der Waals surface area (Å²) in [4.78, 5) is 15.5. The topological polar surface area (TPSA) is 60.9 Å². The number of unbranched alkanes of at least 4 members (excludes halogenated alkanes) is 2. The van der Waals surface area contributed by atoms with E-state index >= 15 is 0 Å². The van der Waals surface area contributed by atoms with E-state index in [-0.39, 0.29) is 5.56 Å². The zero-order chi connectivity index (χ0) is 10.4. The van der Waals surface area contributed by atoms with E-state index in [1.807, 2.05) is 6.92 Å². The predicted molar refractivity (Wildman–Crippen MR) is 56.1 cm³/mol. The summed E-state index contributed by atoms with van der Waals surface area (Å²) >= 11 is 0. The number of nitrogens with two attached hydrogens (primary N) is 1. The molecule has 1 aromatic heterocycles. The molecule has 0 saturated carbocycles. The maximum Gasteiger partial charge on any atom is 0.253 e. The second kappa shape index (κ2) is 5.54. The Morgan fingerprint density at radius 3 is 2.86 bits per heavy atom. The van der Waals surface area contributed by atoms with E-state index < -0.39 is 0 Å². The van der Waals surface area contributed by atoms with Crippen molar-refractivity contribution in [3.63, 3.8) is 0 Å². The summed E-state index contributed by atoms with van der Waals surface area (Å²) in [5, 5.41) is 0. The van der Waals surface area contributed by atoms with E-state index in [1.165, 1.54) is 0 Å². The van der Waals surface area contributed by atoms with Gasteiger partial charge in [-0.1, -0.05) is 6.42 Å². The van der Waals surface area contributed by atoms with E-state index in [9.17, 15) is 4.79 Å². The van der Waals surface area contributed by atoms with Crippen molar-refractivity contribution in [3.8, 4) is 0 Å². The molecule has 0 atom stereocenters. The molecule has 0 aliphatic carbocycles. The monoisotopic (exact) mass is 195 g/mol. The van der Waals surface area contributed by atoms with Crippen molar-refractivity contribution in [2.45, 2.75) is 32.7 Å². The first-order chi connectivity index (χ1) is 6.74. The average Bonchev–Trinajstić information content (AvgIpc) is 2.15. The van der Waals surface area contributed by atoms with Crippen LogP contribution in [-0.4, -0.2) is 16.1 Å². The van der Waals surface area contributed by atoms with Crippen LogP contribution in [0.3, 0.4) is 0 Å². The van der Waals surface area contributed by atoms with Crippen molar-refractivity contribution in [2.24, 2.45) is 5.73 Å². The quantitative estimate of drug-likeness (QED) is 0.703. The van der Waals surface area contributed by atoms with Gasteiger partial charge in [-0.3, -0.25) is 9.36 Å². The summed E-state index contributed by atoms with van der Waals surface area (Å²) in [6.07, 6.45) is 4.69. The first kappa shape index (κ1) is 10.9. The number of hydrogen-bond donors (Lipinski definition) is 1. The van der Waals surface area contributed by atoms with Crippen LogP contribution in [0.4, 0.5) is 0 Å². The highest BCUT2D eigenvalue weighted by Gasteiger charge is 1.96. The first-order valence-electron chi connectivity index (χ1n) is 4.97. The van der Waals surface area contributed by atoms with Crippen molar-refractivity contribution < 1.29 is 0 Å². The van der Waals surface area contributed by atoms with Crippen LogP contribution in [-0.2, 0) is 6.54 Å². The second-order valence-electron chi connectivity index (χ2n) is 3.41. The third-order valence-corrected chi connectivity index (χ3v) is 2.12. The van der Waals surface area contributed by atoms with E-state index in [4.69, 9.17) is 5.73 Å². The third-order valence-electron chi connectivity index (χ3n) is 2.12. The summed E-state index contributed by atoms with van der Waals surface area (Å²) in [7, 11) is 0. The maximum absolute atomic E-state index is 11.4. The normalized spacial score (nSPS) is 10.4. The van der Waals surface area contributed by atoms with Gasteiger partial charge in [0.2, 0.25) is 0 Å². The van der Waals surface area contributed by atoms with Gasteiger partial charge in [-0.2, -0.15) is 0 Å². The molecule has 0 aromatic carbocycles. The van der Waals surface area contributed by atoms with Crippen LogP contribution in [0.2, 0.25) is 0 Å². The lowest BCUT2D eigenvalue weighted by Gasteiger charge is -2.04. The minimum Gasteiger partial charge on any atom is -0.330 e. The molecule has 0 spiro atoms. The van der Waals surface area contributed by atoms with Crippen LogP contribution in [0.25, 0.3) is 0 Å². The fourth-order valence-corrected chi connectivity index (χ4v) is 1.29. The molecule has 0 bridgehead atoms. The third kappa shape index (κ3) is 3.30. The maximum atomic E-state index is 11.4. The molecule has 14 heavy (non-hydrogen) atoms. The predicted octanol–water partition coefficient (Wildman–Crippen LogP) is 0.681. The summed E-state index contributed by atoms with van der Waals surface area (Å²) in [5.74, 6) is 0. The fraction of sp³-hybridized carbons (Fsp3) is 0.600. The van der Waals surface area contributed by atoms with Gasteiger partial charge < -0.3 is 5.73 Å². The second-order valence-corrected chi connectivity index (χ2v) is 3.41. The Balaban J connectivity index is 2.47. The van der Waals surface area contributed by atoms with Crippen molar-refractivity contribution in [1.29, 1.82) is 0 Å². The van der Waals surface area contributed by atoms with Gasteiger partial charge in [-0.25, -0.2) is 4.98 Å². The van der Waals surface area contributed by atoms with Gasteiger partial charge in [0.1, 0.15) is 0 Å². The molecule has 1 heterocycles. The number of aryl methyl sites for hydroxylation is 2. The molecule has 2 N–H and O–H groups in total. The number of rotatable bonds is 5. The smallest absolute Gasteiger partial charge is 0.253 e. The van der Waals surface area contributed by atoms with Gasteiger partial charge >= 0.3 is 0 Å². The fourth-order valence-electron chi connectivity index (χ4n) is 1.29. The highest BCUT2D eigenvalue weighted by molar-refractivity contribution is 4.95. The van der Waals surface area contributed by atoms with Crippen molar-refractivity contribution in [2.75, 3.05) is 6.54 Å². The Bertz CT molecular complexity index is 332. The van der Waals surface area contributed by atoms with Crippen LogP contribution < -0.4 is 11.3 Å². The zero-order valence-electron chi connectivity index (χ0n) is 8.57. The molecular formula is C10H17N3O. The largest absolute Gasteiger partial charge is 0.330 e. The molecule has 0 saturated heterocycles. The number of hydrogen-bond acceptors (Lipinski definition) is 3. The number of nitrogens with zero attached hydrogens (tertiary/aromatic N) is 2. The van der Waals surface area contributed by atoms with Gasteiger partial charge in [-0.05, 0) is 26.3 Å². The first-order valence-corrected chi connectivity index (χ1v) is 4.97. The summed E-state index contributed by atoms with van der Waals surface area (Å²) in [6, 6.07) is 1.56. The summed E-state index contributed by atoms with van der Waals surface area (Å²) < 4.78 is 1.64. The van der Waals surface area contributed by atoms with E-state index in [0.29, 0.717) is 0 Å². The van der Waals surface area contributed by atoms with Crippen LogP contribution in [0, 0.1) is 6.92 Å². The number of aromatic nitrogens is 2. The van der Waals surface area contributed by atoms with Gasteiger partial charge in [0.05, 0.1) is 6.33 Å². The van der Waals surface area contributed by atoms with E-state index in [2.05, 4.69) is 4.98 Å². The summed E-state index contributed by atoms with van der Waals surface area (Å²) in [5.41, 5.74) is 6.18. The lowest BCUT2D eigenvalue weighted by molar-refractivity contribution is 0.570. The molecule has 1 rings (SSSR count). The Labute approximate surface area is 83.8 Å². The SMILES string of the molecule is Cc1cc(=O)n(CCCCCN)cn1. The molecule has 78 valence electrons. The zero-order valence-corrected chi connectivity index (χ0v) is 8.57. The Hall–Kier alpha value is -1.16. The van der Waals surface area contributed by atoms with Gasteiger partial charge in [0, 0.05) is 18.3 Å². The van der Waals surface area contributed by atoms with Crippen molar-refractivity contribution >= 4 is 0 Å². The van der Waals surface area contributed by atoms with Gasteiger partial charge in [0.15, 0.2) is 0 Å². The Morgan fingerprint density at radius 2 is 2.21 bits per heavy atom. The standard InChI is InChI=1S/C10H17N3O/c1-9-7-10(14)13(8-12-9)6-4-2-3-5-11/h7-8H,2-6,11H2,1H3.